The Hall–Kier alpha value is -1.17. The van der Waals surface area contributed by atoms with Crippen molar-refractivity contribution in [1.82, 2.24) is 4.90 Å². The Kier molecular flexibility index (Phi) is 3.93. The van der Waals surface area contributed by atoms with Gasteiger partial charge < -0.3 is 4.74 Å². The van der Waals surface area contributed by atoms with Crippen molar-refractivity contribution in [2.75, 3.05) is 26.3 Å². The Labute approximate surface area is 104 Å². The van der Waals surface area contributed by atoms with E-state index in [9.17, 15) is 4.91 Å². The van der Waals surface area contributed by atoms with E-state index in [1.807, 2.05) is 0 Å². The van der Waals surface area contributed by atoms with E-state index in [-0.39, 0.29) is 10.6 Å². The van der Waals surface area contributed by atoms with Crippen molar-refractivity contribution in [3.05, 3.63) is 33.7 Å². The van der Waals surface area contributed by atoms with Crippen LogP contribution in [0.15, 0.2) is 18.2 Å². The molecule has 0 unspecified atom stereocenters. The van der Waals surface area contributed by atoms with Gasteiger partial charge in [0.2, 0.25) is 0 Å². The van der Waals surface area contributed by atoms with Crippen molar-refractivity contribution in [3.63, 3.8) is 0 Å². The summed E-state index contributed by atoms with van der Waals surface area (Å²) < 4.78 is 5.25. The maximum absolute atomic E-state index is 11.0. The molecule has 1 aliphatic heterocycles. The summed E-state index contributed by atoms with van der Waals surface area (Å²) in [6.45, 7) is 3.59. The van der Waals surface area contributed by atoms with Gasteiger partial charge in [0.1, 0.15) is 0 Å². The zero-order valence-electron chi connectivity index (χ0n) is 9.30. The molecule has 0 saturated carbocycles. The van der Waals surface area contributed by atoms with Crippen LogP contribution in [0.4, 0.5) is 5.69 Å². The van der Waals surface area contributed by atoms with Gasteiger partial charge in [0, 0.05) is 36.3 Å². The van der Waals surface area contributed by atoms with Gasteiger partial charge in [-0.1, -0.05) is 11.6 Å². The molecule has 1 N–H and O–H groups in total. The maximum Gasteiger partial charge on any atom is 0.321 e. The van der Waals surface area contributed by atoms with Crippen LogP contribution in [-0.4, -0.2) is 41.3 Å². The number of benzene rings is 1. The summed E-state index contributed by atoms with van der Waals surface area (Å²) >= 11 is 5.89. The summed E-state index contributed by atoms with van der Waals surface area (Å²) in [5.74, 6) is 0. The van der Waals surface area contributed by atoms with Crippen LogP contribution in [-0.2, 0) is 11.3 Å². The first-order chi connectivity index (χ1) is 8.16. The van der Waals surface area contributed by atoms with Gasteiger partial charge in [-0.05, 0) is 12.1 Å². The monoisotopic (exact) mass is 257 g/mol. The number of nitrogens with zero attached hydrogens (tertiary/aromatic N) is 2. The van der Waals surface area contributed by atoms with Gasteiger partial charge in [-0.3, -0.25) is 4.90 Å². The van der Waals surface area contributed by atoms with Gasteiger partial charge in [-0.15, -0.1) is 0 Å². The Morgan fingerprint density at radius 1 is 1.41 bits per heavy atom. The molecule has 1 saturated heterocycles. The average molecular weight is 258 g/mol. The van der Waals surface area contributed by atoms with E-state index in [0.717, 1.165) is 18.7 Å². The summed E-state index contributed by atoms with van der Waals surface area (Å²) in [4.78, 5) is 13.0. The molecular weight excluding hydrogens is 244 g/mol. The number of ether oxygens (including phenoxy) is 1. The minimum Gasteiger partial charge on any atom is -0.379 e. The first-order valence-electron chi connectivity index (χ1n) is 5.41. The van der Waals surface area contributed by atoms with Crippen LogP contribution < -0.4 is 0 Å². The zero-order valence-corrected chi connectivity index (χ0v) is 10.1. The van der Waals surface area contributed by atoms with E-state index in [4.69, 9.17) is 21.5 Å². The Balaban J connectivity index is 2.17. The fourth-order valence-corrected chi connectivity index (χ4v) is 2.06. The van der Waals surface area contributed by atoms with E-state index < -0.39 is 0 Å². The molecule has 1 heterocycles. The highest BCUT2D eigenvalue weighted by molar-refractivity contribution is 6.30. The van der Waals surface area contributed by atoms with Crippen LogP contribution in [0.1, 0.15) is 5.56 Å². The smallest absolute Gasteiger partial charge is 0.321 e. The number of hydrogen-bond donors (Lipinski definition) is 1. The Morgan fingerprint density at radius 2 is 2.12 bits per heavy atom. The first-order valence-corrected chi connectivity index (χ1v) is 5.79. The maximum atomic E-state index is 11.0. The van der Waals surface area contributed by atoms with Crippen molar-refractivity contribution in [2.45, 2.75) is 6.54 Å². The van der Waals surface area contributed by atoms with E-state index in [1.54, 1.807) is 12.1 Å². The van der Waals surface area contributed by atoms with E-state index in [0.29, 0.717) is 24.8 Å². The summed E-state index contributed by atoms with van der Waals surface area (Å²) in [5.41, 5.74) is 0.956. The predicted molar refractivity (Wildman–Crippen MR) is 62.6 cm³/mol. The fraction of sp³-hybridized carbons (Fsp3) is 0.455. The zero-order chi connectivity index (χ0) is 12.3. The second kappa shape index (κ2) is 5.44. The molecule has 1 aromatic carbocycles. The summed E-state index contributed by atoms with van der Waals surface area (Å²) in [6, 6.07) is 4.80. The van der Waals surface area contributed by atoms with Gasteiger partial charge in [0.05, 0.1) is 18.1 Å². The van der Waals surface area contributed by atoms with Gasteiger partial charge in [0.25, 0.3) is 4.92 Å². The van der Waals surface area contributed by atoms with Crippen molar-refractivity contribution >= 4 is 17.3 Å². The minimum absolute atomic E-state index is 0.119. The molecule has 92 valence electrons. The lowest BCUT2D eigenvalue weighted by molar-refractivity contribution is -0.730. The minimum atomic E-state index is -0.119. The lowest BCUT2D eigenvalue weighted by atomic mass is 10.1. The summed E-state index contributed by atoms with van der Waals surface area (Å²) in [5, 5.41) is 9.57. The van der Waals surface area contributed by atoms with Gasteiger partial charge in [-0.2, -0.15) is 0 Å². The molecule has 0 atom stereocenters. The third kappa shape index (κ3) is 3.15. The second-order valence-electron chi connectivity index (χ2n) is 3.93. The molecular formula is C11H14ClN2O3+. The molecule has 0 aromatic heterocycles. The molecule has 17 heavy (non-hydrogen) atoms. The first kappa shape index (κ1) is 12.3. The van der Waals surface area contributed by atoms with Crippen LogP contribution in [0.2, 0.25) is 5.02 Å². The summed E-state index contributed by atoms with van der Waals surface area (Å²) in [6.07, 6.45) is 0. The largest absolute Gasteiger partial charge is 0.379 e. The van der Waals surface area contributed by atoms with E-state index in [1.165, 1.54) is 6.07 Å². The van der Waals surface area contributed by atoms with Crippen molar-refractivity contribution < 1.29 is 14.9 Å². The number of morpholine rings is 1. The van der Waals surface area contributed by atoms with Crippen LogP contribution in [0.5, 0.6) is 0 Å². The Bertz CT molecular complexity index is 419. The lowest BCUT2D eigenvalue weighted by Gasteiger charge is -2.26. The molecule has 1 aliphatic rings. The van der Waals surface area contributed by atoms with Gasteiger partial charge in [-0.25, -0.2) is 5.21 Å². The highest BCUT2D eigenvalue weighted by Gasteiger charge is 2.21. The van der Waals surface area contributed by atoms with Crippen LogP contribution in [0.25, 0.3) is 0 Å². The SMILES string of the molecule is O=[N+](O)c1ccc(Cl)cc1CN1CCOCC1. The molecule has 6 heteroatoms. The number of hydrogen-bond acceptors (Lipinski definition) is 3. The van der Waals surface area contributed by atoms with Crippen molar-refractivity contribution in [3.8, 4) is 0 Å². The van der Waals surface area contributed by atoms with Crippen molar-refractivity contribution in [2.24, 2.45) is 0 Å². The van der Waals surface area contributed by atoms with Crippen LogP contribution in [0, 0.1) is 4.91 Å². The molecule has 0 aliphatic carbocycles. The van der Waals surface area contributed by atoms with Crippen LogP contribution >= 0.6 is 11.6 Å². The topological polar surface area (TPSA) is 52.8 Å². The number of halogens is 1. The third-order valence-electron chi connectivity index (χ3n) is 2.75. The van der Waals surface area contributed by atoms with Crippen LogP contribution in [0.3, 0.4) is 0 Å². The average Bonchev–Trinajstić information content (AvgIpc) is 2.30. The van der Waals surface area contributed by atoms with E-state index in [2.05, 4.69) is 4.90 Å². The molecule has 0 bridgehead atoms. The standard InChI is InChI=1S/C11H14ClN2O3/c12-10-1-2-11(14(15)16)9(7-10)8-13-3-5-17-6-4-13/h1-2,7H,3-6,8H2,(H,15,16)/q+1. The second-order valence-corrected chi connectivity index (χ2v) is 4.37. The van der Waals surface area contributed by atoms with Crippen molar-refractivity contribution in [1.29, 1.82) is 0 Å². The fourth-order valence-electron chi connectivity index (χ4n) is 1.87. The highest BCUT2D eigenvalue weighted by Crippen LogP contribution is 2.23. The molecule has 0 amide bonds. The molecule has 0 radical (unpaired) electrons. The highest BCUT2D eigenvalue weighted by atomic mass is 35.5. The predicted octanol–water partition coefficient (Wildman–Crippen LogP) is 1.97. The molecule has 0 spiro atoms. The molecule has 2 rings (SSSR count). The molecule has 1 aromatic rings. The van der Waals surface area contributed by atoms with E-state index >= 15 is 0 Å². The quantitative estimate of drug-likeness (QED) is 0.842. The van der Waals surface area contributed by atoms with Gasteiger partial charge in [0.15, 0.2) is 0 Å². The summed E-state index contributed by atoms with van der Waals surface area (Å²) in [7, 11) is 0. The Morgan fingerprint density at radius 3 is 2.76 bits per heavy atom. The molecule has 1 fully saturated rings. The number of rotatable bonds is 3. The lowest BCUT2D eigenvalue weighted by Crippen LogP contribution is -2.35. The third-order valence-corrected chi connectivity index (χ3v) is 2.98. The van der Waals surface area contributed by atoms with Gasteiger partial charge >= 0.3 is 5.69 Å². The normalized spacial score (nSPS) is 17.0. The molecule has 5 nitrogen and oxygen atoms in total.